The van der Waals surface area contributed by atoms with Crippen LogP contribution in [0.2, 0.25) is 5.02 Å². The number of rotatable bonds is 6. The first kappa shape index (κ1) is 16.8. The second-order valence-corrected chi connectivity index (χ2v) is 7.42. The number of amides is 1. The fraction of sp³-hybridized carbons (Fsp3) is 0.375. The third kappa shape index (κ3) is 4.45. The van der Waals surface area contributed by atoms with E-state index in [0.717, 1.165) is 15.6 Å². The largest absolute Gasteiger partial charge is 0.550 e. The molecule has 2 rings (SSSR count). The van der Waals surface area contributed by atoms with Crippen LogP contribution in [0.1, 0.15) is 32.3 Å². The van der Waals surface area contributed by atoms with Gasteiger partial charge in [-0.15, -0.1) is 11.3 Å². The van der Waals surface area contributed by atoms with Gasteiger partial charge in [-0.3, -0.25) is 4.79 Å². The summed E-state index contributed by atoms with van der Waals surface area (Å²) in [4.78, 5) is 22.7. The average molecular weight is 339 g/mol. The molecule has 1 aromatic carbocycles. The van der Waals surface area contributed by atoms with Crippen LogP contribution in [0.3, 0.4) is 0 Å². The summed E-state index contributed by atoms with van der Waals surface area (Å²) < 4.78 is 1.12. The number of nitrogens with one attached hydrogen (secondary N) is 1. The number of carbonyl (C=O) groups excluding carboxylic acids is 2. The summed E-state index contributed by atoms with van der Waals surface area (Å²) in [6.45, 7) is 3.88. The van der Waals surface area contributed by atoms with Crippen molar-refractivity contribution in [2.75, 3.05) is 0 Å². The lowest BCUT2D eigenvalue weighted by atomic mass is 9.85. The molecule has 0 spiro atoms. The maximum Gasteiger partial charge on any atom is 0.220 e. The Kier molecular flexibility index (Phi) is 5.08. The molecule has 1 heterocycles. The summed E-state index contributed by atoms with van der Waals surface area (Å²) in [6, 6.07) is 5.68. The lowest BCUT2D eigenvalue weighted by Gasteiger charge is -2.24. The summed E-state index contributed by atoms with van der Waals surface area (Å²) in [5, 5.41) is 17.2. The molecular formula is C16H17ClNO3S-. The summed E-state index contributed by atoms with van der Waals surface area (Å²) in [5.41, 5.74) is 0.386. The van der Waals surface area contributed by atoms with Gasteiger partial charge < -0.3 is 15.2 Å². The highest BCUT2D eigenvalue weighted by molar-refractivity contribution is 7.17. The second kappa shape index (κ2) is 6.67. The SMILES string of the molecule is CC(C)(CC(=O)[O-])CC(=O)NCc1csc2ccc(Cl)cc12. The first-order chi connectivity index (χ1) is 10.3. The van der Waals surface area contributed by atoms with Gasteiger partial charge in [-0.25, -0.2) is 0 Å². The predicted octanol–water partition coefficient (Wildman–Crippen LogP) is 2.73. The molecule has 4 nitrogen and oxygen atoms in total. The van der Waals surface area contributed by atoms with Gasteiger partial charge in [0, 0.05) is 28.7 Å². The van der Waals surface area contributed by atoms with E-state index >= 15 is 0 Å². The van der Waals surface area contributed by atoms with E-state index in [1.165, 1.54) is 0 Å². The molecular weight excluding hydrogens is 322 g/mol. The minimum atomic E-state index is -1.14. The van der Waals surface area contributed by atoms with Crippen molar-refractivity contribution < 1.29 is 14.7 Å². The highest BCUT2D eigenvalue weighted by atomic mass is 35.5. The standard InChI is InChI=1S/C16H18ClNO3S/c1-16(2,7-15(20)21)6-14(19)18-8-10-9-22-13-4-3-11(17)5-12(10)13/h3-5,9H,6-8H2,1-2H3,(H,18,19)(H,20,21)/p-1. The Balaban J connectivity index is 1.98. The molecule has 1 aromatic heterocycles. The number of carboxylic acid groups (broad SMARTS) is 1. The van der Waals surface area contributed by atoms with E-state index < -0.39 is 11.4 Å². The molecule has 1 N–H and O–H groups in total. The van der Waals surface area contributed by atoms with E-state index in [9.17, 15) is 14.7 Å². The van der Waals surface area contributed by atoms with Gasteiger partial charge in [0.25, 0.3) is 0 Å². The van der Waals surface area contributed by atoms with E-state index in [-0.39, 0.29) is 18.7 Å². The second-order valence-electron chi connectivity index (χ2n) is 6.07. The molecule has 6 heteroatoms. The molecule has 0 aliphatic carbocycles. The quantitative estimate of drug-likeness (QED) is 0.880. The number of hydrogen-bond acceptors (Lipinski definition) is 4. The van der Waals surface area contributed by atoms with Crippen LogP contribution in [-0.2, 0) is 16.1 Å². The maximum atomic E-state index is 12.0. The fourth-order valence-electron chi connectivity index (χ4n) is 2.34. The van der Waals surface area contributed by atoms with Gasteiger partial charge >= 0.3 is 0 Å². The van der Waals surface area contributed by atoms with Crippen molar-refractivity contribution in [2.24, 2.45) is 5.41 Å². The molecule has 0 fully saturated rings. The molecule has 0 saturated carbocycles. The average Bonchev–Trinajstić information content (AvgIpc) is 2.76. The first-order valence-electron chi connectivity index (χ1n) is 6.89. The van der Waals surface area contributed by atoms with Crippen molar-refractivity contribution in [1.29, 1.82) is 0 Å². The number of benzene rings is 1. The third-order valence-electron chi connectivity index (χ3n) is 3.35. The highest BCUT2D eigenvalue weighted by Gasteiger charge is 2.22. The van der Waals surface area contributed by atoms with Crippen molar-refractivity contribution in [2.45, 2.75) is 33.2 Å². The minimum absolute atomic E-state index is 0.141. The summed E-state index contributed by atoms with van der Waals surface area (Å²) in [7, 11) is 0. The van der Waals surface area contributed by atoms with Crippen LogP contribution in [0.5, 0.6) is 0 Å². The zero-order chi connectivity index (χ0) is 16.3. The number of fused-ring (bicyclic) bond motifs is 1. The number of thiophene rings is 1. The Hall–Kier alpha value is -1.59. The molecule has 0 aliphatic rings. The van der Waals surface area contributed by atoms with E-state index in [0.29, 0.717) is 11.6 Å². The van der Waals surface area contributed by atoms with Crippen LogP contribution in [0, 0.1) is 5.41 Å². The summed E-state index contributed by atoms with van der Waals surface area (Å²) >= 11 is 7.60. The van der Waals surface area contributed by atoms with Gasteiger partial charge in [0.15, 0.2) is 0 Å². The fourth-order valence-corrected chi connectivity index (χ4v) is 3.45. The Morgan fingerprint density at radius 2 is 2.05 bits per heavy atom. The van der Waals surface area contributed by atoms with Crippen LogP contribution in [0.4, 0.5) is 0 Å². The number of halogens is 1. The Bertz CT molecular complexity index is 708. The Morgan fingerprint density at radius 3 is 2.73 bits per heavy atom. The Labute approximate surface area is 138 Å². The van der Waals surface area contributed by atoms with Gasteiger partial charge in [0.1, 0.15) is 0 Å². The lowest BCUT2D eigenvalue weighted by molar-refractivity contribution is -0.307. The van der Waals surface area contributed by atoms with Crippen molar-refractivity contribution >= 4 is 44.9 Å². The normalized spacial score (nSPS) is 11.6. The van der Waals surface area contributed by atoms with Crippen LogP contribution in [-0.4, -0.2) is 11.9 Å². The van der Waals surface area contributed by atoms with Crippen molar-refractivity contribution in [1.82, 2.24) is 5.32 Å². The molecule has 0 atom stereocenters. The van der Waals surface area contributed by atoms with Crippen LogP contribution in [0.25, 0.3) is 10.1 Å². The molecule has 0 bridgehead atoms. The molecule has 0 saturated heterocycles. The van der Waals surface area contributed by atoms with Gasteiger partial charge in [0.05, 0.1) is 0 Å². The lowest BCUT2D eigenvalue weighted by Crippen LogP contribution is -2.33. The smallest absolute Gasteiger partial charge is 0.220 e. The van der Waals surface area contributed by atoms with Crippen LogP contribution >= 0.6 is 22.9 Å². The van der Waals surface area contributed by atoms with Crippen molar-refractivity contribution in [3.63, 3.8) is 0 Å². The van der Waals surface area contributed by atoms with Gasteiger partial charge in [-0.2, -0.15) is 0 Å². The minimum Gasteiger partial charge on any atom is -0.550 e. The van der Waals surface area contributed by atoms with E-state index in [1.54, 1.807) is 25.2 Å². The molecule has 118 valence electrons. The zero-order valence-electron chi connectivity index (χ0n) is 12.4. The molecule has 0 radical (unpaired) electrons. The monoisotopic (exact) mass is 338 g/mol. The molecule has 22 heavy (non-hydrogen) atoms. The molecule has 0 unspecified atom stereocenters. The topological polar surface area (TPSA) is 69.2 Å². The summed E-state index contributed by atoms with van der Waals surface area (Å²) in [5.74, 6) is -1.32. The van der Waals surface area contributed by atoms with E-state index in [2.05, 4.69) is 5.32 Å². The number of carbonyl (C=O) groups is 2. The third-order valence-corrected chi connectivity index (χ3v) is 4.60. The van der Waals surface area contributed by atoms with Crippen molar-refractivity contribution in [3.8, 4) is 0 Å². The predicted molar refractivity (Wildman–Crippen MR) is 86.7 cm³/mol. The van der Waals surface area contributed by atoms with Gasteiger partial charge in [0.2, 0.25) is 5.91 Å². The number of aliphatic carboxylic acids is 1. The number of carboxylic acids is 1. The molecule has 0 aliphatic heterocycles. The van der Waals surface area contributed by atoms with Gasteiger partial charge in [-0.1, -0.05) is 25.4 Å². The van der Waals surface area contributed by atoms with Crippen LogP contribution in [0.15, 0.2) is 23.6 Å². The van der Waals surface area contributed by atoms with E-state index in [1.807, 2.05) is 23.6 Å². The van der Waals surface area contributed by atoms with Gasteiger partial charge in [-0.05, 0) is 46.4 Å². The summed E-state index contributed by atoms with van der Waals surface area (Å²) in [6.07, 6.45) is 0.00121. The first-order valence-corrected chi connectivity index (χ1v) is 8.15. The van der Waals surface area contributed by atoms with Crippen LogP contribution < -0.4 is 10.4 Å². The zero-order valence-corrected chi connectivity index (χ0v) is 14.0. The Morgan fingerprint density at radius 1 is 1.32 bits per heavy atom. The molecule has 1 amide bonds. The highest BCUT2D eigenvalue weighted by Crippen LogP contribution is 2.29. The molecule has 2 aromatic rings. The maximum absolute atomic E-state index is 12.0. The van der Waals surface area contributed by atoms with E-state index in [4.69, 9.17) is 11.6 Å². The van der Waals surface area contributed by atoms with Crippen molar-refractivity contribution in [3.05, 3.63) is 34.2 Å². The number of hydrogen-bond donors (Lipinski definition) is 1.